The van der Waals surface area contributed by atoms with Crippen LogP contribution < -0.4 is 4.90 Å². The first-order chi connectivity index (χ1) is 29.2. The van der Waals surface area contributed by atoms with Gasteiger partial charge >= 0.3 is 0 Å². The van der Waals surface area contributed by atoms with Gasteiger partial charge in [-0.2, -0.15) is 0 Å². The highest BCUT2D eigenvalue weighted by molar-refractivity contribution is 6.09. The summed E-state index contributed by atoms with van der Waals surface area (Å²) in [5, 5.41) is 10.2. The lowest BCUT2D eigenvalue weighted by atomic mass is 9.96. The van der Waals surface area contributed by atoms with E-state index in [2.05, 4.69) is 241 Å². The van der Waals surface area contributed by atoms with E-state index in [1.54, 1.807) is 0 Å². The first-order valence-electron chi connectivity index (χ1n) is 20.3. The Morgan fingerprint density at radius 3 is 0.864 bits per heavy atom. The third-order valence-corrected chi connectivity index (χ3v) is 11.9. The number of hydrogen-bond donors (Lipinski definition) is 0. The van der Waals surface area contributed by atoms with Crippen molar-refractivity contribution in [1.29, 1.82) is 0 Å². The molecule has 0 aromatic heterocycles. The Bertz CT molecular complexity index is 3110. The largest absolute Gasteiger partial charge is 0.311 e. The van der Waals surface area contributed by atoms with Crippen LogP contribution in [-0.4, -0.2) is 0 Å². The lowest BCUT2D eigenvalue weighted by molar-refractivity contribution is 1.28. The summed E-state index contributed by atoms with van der Waals surface area (Å²) in [6.07, 6.45) is 0. The maximum absolute atomic E-state index is 2.36. The van der Waals surface area contributed by atoms with Gasteiger partial charge in [0.2, 0.25) is 0 Å². The zero-order chi connectivity index (χ0) is 39.1. The summed E-state index contributed by atoms with van der Waals surface area (Å²) in [6, 6.07) is 86.2. The van der Waals surface area contributed by atoms with E-state index in [9.17, 15) is 0 Å². The van der Waals surface area contributed by atoms with Crippen molar-refractivity contribution in [2.45, 2.75) is 0 Å². The monoisotopic (exact) mass is 749 g/mol. The lowest BCUT2D eigenvalue weighted by Gasteiger charge is -2.26. The number of benzene rings is 11. The molecule has 0 aliphatic carbocycles. The molecule has 11 aromatic carbocycles. The molecule has 0 amide bonds. The van der Waals surface area contributed by atoms with Crippen LogP contribution in [0, 0.1) is 0 Å². The predicted octanol–water partition coefficient (Wildman–Crippen LogP) is 16.4. The van der Waals surface area contributed by atoms with Gasteiger partial charge in [-0.15, -0.1) is 0 Å². The van der Waals surface area contributed by atoms with E-state index in [0.717, 1.165) is 17.1 Å². The highest BCUT2D eigenvalue weighted by Gasteiger charge is 2.15. The molecule has 11 rings (SSSR count). The standard InChI is InChI=1S/C58H39N/c1-2-8-40(9-3-1)41-14-16-42(17-15-41)43-26-32-52(33-27-43)59(53-34-28-44(29-35-53)50-24-22-48-20-18-46-10-4-6-12-55(46)57(48)38-50)54-36-30-45(31-37-54)51-25-23-49-21-19-47-11-5-7-13-56(47)58(49)39-51/h1-39H. The van der Waals surface area contributed by atoms with E-state index in [4.69, 9.17) is 0 Å². The average molecular weight is 750 g/mol. The third-order valence-electron chi connectivity index (χ3n) is 11.9. The lowest BCUT2D eigenvalue weighted by Crippen LogP contribution is -2.09. The zero-order valence-electron chi connectivity index (χ0n) is 32.5. The van der Waals surface area contributed by atoms with E-state index in [1.165, 1.54) is 87.6 Å². The first kappa shape index (κ1) is 34.5. The van der Waals surface area contributed by atoms with Gasteiger partial charge < -0.3 is 4.90 Å². The summed E-state index contributed by atoms with van der Waals surface area (Å²) < 4.78 is 0. The Labute approximate surface area is 344 Å². The fraction of sp³-hybridized carbons (Fsp3) is 0. The second-order valence-corrected chi connectivity index (χ2v) is 15.4. The minimum absolute atomic E-state index is 1.10. The smallest absolute Gasteiger partial charge is 0.0462 e. The van der Waals surface area contributed by atoms with Crippen molar-refractivity contribution in [2.75, 3.05) is 4.90 Å². The summed E-state index contributed by atoms with van der Waals surface area (Å²) in [4.78, 5) is 2.36. The summed E-state index contributed by atoms with van der Waals surface area (Å²) in [7, 11) is 0. The molecule has 0 bridgehead atoms. The van der Waals surface area contributed by atoms with E-state index in [0.29, 0.717) is 0 Å². The molecule has 0 saturated carbocycles. The highest BCUT2D eigenvalue weighted by atomic mass is 15.1. The number of fused-ring (bicyclic) bond motifs is 6. The van der Waals surface area contributed by atoms with Crippen molar-refractivity contribution in [3.8, 4) is 44.5 Å². The molecule has 0 unspecified atom stereocenters. The Kier molecular flexibility index (Phi) is 8.56. The maximum atomic E-state index is 2.36. The second-order valence-electron chi connectivity index (χ2n) is 15.4. The molecule has 11 aromatic rings. The van der Waals surface area contributed by atoms with Gasteiger partial charge in [0.15, 0.2) is 0 Å². The van der Waals surface area contributed by atoms with Gasteiger partial charge in [0.25, 0.3) is 0 Å². The van der Waals surface area contributed by atoms with Crippen LogP contribution >= 0.6 is 0 Å². The van der Waals surface area contributed by atoms with Crippen LogP contribution in [0.2, 0.25) is 0 Å². The van der Waals surface area contributed by atoms with Crippen molar-refractivity contribution >= 4 is 60.2 Å². The molecule has 0 radical (unpaired) electrons. The maximum Gasteiger partial charge on any atom is 0.0462 e. The normalized spacial score (nSPS) is 11.4. The van der Waals surface area contributed by atoms with Crippen LogP contribution in [0.25, 0.3) is 87.6 Å². The molecule has 0 saturated heterocycles. The van der Waals surface area contributed by atoms with Gasteiger partial charge in [-0.3, -0.25) is 0 Å². The molecular weight excluding hydrogens is 711 g/mol. The van der Waals surface area contributed by atoms with Crippen molar-refractivity contribution in [1.82, 2.24) is 0 Å². The topological polar surface area (TPSA) is 3.24 Å². The average Bonchev–Trinajstić information content (AvgIpc) is 3.32. The van der Waals surface area contributed by atoms with Gasteiger partial charge in [0, 0.05) is 17.1 Å². The van der Waals surface area contributed by atoms with E-state index < -0.39 is 0 Å². The SMILES string of the molecule is c1ccc(-c2ccc(-c3ccc(N(c4ccc(-c5ccc6ccc7ccccc7c6c5)cc4)c4ccc(-c5ccc6ccc7ccccc7c6c5)cc4)cc3)cc2)cc1. The summed E-state index contributed by atoms with van der Waals surface area (Å²) in [6.45, 7) is 0. The van der Waals surface area contributed by atoms with Crippen molar-refractivity contribution < 1.29 is 0 Å². The van der Waals surface area contributed by atoms with Gasteiger partial charge in [-0.25, -0.2) is 0 Å². The quantitative estimate of drug-likeness (QED) is 0.147. The van der Waals surface area contributed by atoms with Gasteiger partial charge in [0.05, 0.1) is 0 Å². The summed E-state index contributed by atoms with van der Waals surface area (Å²) in [5.41, 5.74) is 12.9. The molecular formula is C58H39N. The third kappa shape index (κ3) is 6.49. The Morgan fingerprint density at radius 2 is 0.458 bits per heavy atom. The molecule has 0 spiro atoms. The van der Waals surface area contributed by atoms with Crippen molar-refractivity contribution in [3.63, 3.8) is 0 Å². The Hall–Kier alpha value is -7.74. The van der Waals surface area contributed by atoms with Gasteiger partial charge in [0.1, 0.15) is 0 Å². The van der Waals surface area contributed by atoms with Gasteiger partial charge in [-0.1, -0.05) is 188 Å². The van der Waals surface area contributed by atoms with Crippen LogP contribution in [0.15, 0.2) is 237 Å². The Morgan fingerprint density at radius 1 is 0.186 bits per heavy atom. The molecule has 276 valence electrons. The molecule has 0 atom stereocenters. The van der Waals surface area contributed by atoms with Crippen LogP contribution in [0.3, 0.4) is 0 Å². The number of nitrogens with zero attached hydrogens (tertiary/aromatic N) is 1. The number of anilines is 3. The van der Waals surface area contributed by atoms with Crippen molar-refractivity contribution in [2.24, 2.45) is 0 Å². The summed E-state index contributed by atoms with van der Waals surface area (Å²) in [5.74, 6) is 0. The second kappa shape index (κ2) is 14.6. The number of rotatable bonds is 7. The minimum Gasteiger partial charge on any atom is -0.311 e. The van der Waals surface area contributed by atoms with Crippen LogP contribution in [0.5, 0.6) is 0 Å². The highest BCUT2D eigenvalue weighted by Crippen LogP contribution is 2.39. The minimum atomic E-state index is 1.10. The fourth-order valence-corrected chi connectivity index (χ4v) is 8.71. The van der Waals surface area contributed by atoms with Crippen LogP contribution in [-0.2, 0) is 0 Å². The van der Waals surface area contributed by atoms with Gasteiger partial charge in [-0.05, 0) is 136 Å². The molecule has 1 heteroatoms. The van der Waals surface area contributed by atoms with Crippen LogP contribution in [0.4, 0.5) is 17.1 Å². The molecule has 0 heterocycles. The zero-order valence-corrected chi connectivity index (χ0v) is 32.5. The molecule has 0 aliphatic rings. The van der Waals surface area contributed by atoms with E-state index in [1.807, 2.05) is 0 Å². The van der Waals surface area contributed by atoms with E-state index in [-0.39, 0.29) is 0 Å². The molecule has 0 N–H and O–H groups in total. The molecule has 0 aliphatic heterocycles. The molecule has 1 nitrogen and oxygen atoms in total. The fourth-order valence-electron chi connectivity index (χ4n) is 8.71. The first-order valence-corrected chi connectivity index (χ1v) is 20.3. The van der Waals surface area contributed by atoms with Crippen LogP contribution in [0.1, 0.15) is 0 Å². The Balaban J connectivity index is 0.955. The van der Waals surface area contributed by atoms with E-state index >= 15 is 0 Å². The summed E-state index contributed by atoms with van der Waals surface area (Å²) >= 11 is 0. The number of hydrogen-bond acceptors (Lipinski definition) is 1. The van der Waals surface area contributed by atoms with Crippen molar-refractivity contribution in [3.05, 3.63) is 237 Å². The molecule has 0 fully saturated rings. The molecule has 59 heavy (non-hydrogen) atoms. The predicted molar refractivity (Wildman–Crippen MR) is 253 cm³/mol.